The van der Waals surface area contributed by atoms with E-state index >= 15 is 0 Å². The van der Waals surface area contributed by atoms with Crippen molar-refractivity contribution >= 4 is 56.7 Å². The van der Waals surface area contributed by atoms with Crippen LogP contribution in [0.2, 0.25) is 0 Å². The van der Waals surface area contributed by atoms with Crippen LogP contribution in [0, 0.1) is 0 Å². The first-order valence-electron chi connectivity index (χ1n) is 16.0. The van der Waals surface area contributed by atoms with Crippen molar-refractivity contribution in [1.82, 2.24) is 29.9 Å². The Kier molecular flexibility index (Phi) is 6.53. The highest BCUT2D eigenvalue weighted by molar-refractivity contribution is 7.99. The molecule has 2 aromatic heterocycles. The molecule has 10 rings (SSSR count). The second-order valence-electron chi connectivity index (χ2n) is 11.8. The van der Waals surface area contributed by atoms with Gasteiger partial charge in [0.2, 0.25) is 0 Å². The van der Waals surface area contributed by atoms with Crippen LogP contribution in [0.5, 0.6) is 11.5 Å². The van der Waals surface area contributed by atoms with Crippen LogP contribution in [0.25, 0.3) is 33.5 Å². The third kappa shape index (κ3) is 4.57. The summed E-state index contributed by atoms with van der Waals surface area (Å²) in [5.41, 5.74) is 7.63. The lowest BCUT2D eigenvalue weighted by Crippen LogP contribution is -2.18. The minimum atomic E-state index is 0.543. The molecule has 6 aromatic carbocycles. The molecule has 50 heavy (non-hydrogen) atoms. The van der Waals surface area contributed by atoms with Crippen molar-refractivity contribution in [3.8, 4) is 34.3 Å². The zero-order valence-electron chi connectivity index (χ0n) is 26.3. The molecular weight excluding hydrogens is 641 g/mol. The van der Waals surface area contributed by atoms with E-state index in [0.29, 0.717) is 11.6 Å². The molecule has 0 unspecified atom stereocenters. The van der Waals surface area contributed by atoms with Crippen LogP contribution in [0.3, 0.4) is 0 Å². The van der Waals surface area contributed by atoms with Crippen molar-refractivity contribution < 1.29 is 4.74 Å². The summed E-state index contributed by atoms with van der Waals surface area (Å²) in [7, 11) is 0. The van der Waals surface area contributed by atoms with E-state index < -0.39 is 0 Å². The third-order valence-corrected chi connectivity index (χ3v) is 10.0. The Balaban J connectivity index is 1.35. The number of hydrogen-bond acceptors (Lipinski definition) is 10. The molecule has 0 aliphatic carbocycles. The molecule has 236 valence electrons. The fourth-order valence-electron chi connectivity index (χ4n) is 6.77. The Bertz CT molecular complexity index is 2490. The summed E-state index contributed by atoms with van der Waals surface area (Å²) < 4.78 is 6.41. The number of ether oxygens (including phenoxy) is 1. The largest absolute Gasteiger partial charge is 0.453 e. The number of anilines is 6. The van der Waals surface area contributed by atoms with E-state index in [1.54, 1.807) is 11.8 Å². The molecule has 4 heterocycles. The first kappa shape index (κ1) is 28.4. The zero-order valence-corrected chi connectivity index (χ0v) is 27.1. The second-order valence-corrected chi connectivity index (χ2v) is 12.8. The molecule has 0 fully saturated rings. The van der Waals surface area contributed by atoms with E-state index in [4.69, 9.17) is 4.74 Å². The number of para-hydroxylation sites is 6. The highest BCUT2D eigenvalue weighted by Crippen LogP contribution is 2.56. The van der Waals surface area contributed by atoms with E-state index in [0.717, 1.165) is 77.3 Å². The average Bonchev–Trinajstić information content (AvgIpc) is 3.19. The summed E-state index contributed by atoms with van der Waals surface area (Å²) in [4.78, 5) is 33.5. The normalized spacial score (nSPS) is 12.8. The average molecular weight is 665 g/mol. The van der Waals surface area contributed by atoms with Gasteiger partial charge in [0.15, 0.2) is 23.1 Å². The predicted molar refractivity (Wildman–Crippen MR) is 195 cm³/mol. The lowest BCUT2D eigenvalue weighted by atomic mass is 9.96. The Hall–Kier alpha value is -6.65. The summed E-state index contributed by atoms with van der Waals surface area (Å²) in [6.45, 7) is 0. The van der Waals surface area contributed by atoms with Crippen LogP contribution in [0.1, 0.15) is 0 Å². The number of rotatable bonds is 4. The van der Waals surface area contributed by atoms with Gasteiger partial charge < -0.3 is 14.5 Å². The third-order valence-electron chi connectivity index (χ3n) is 8.88. The molecule has 2 aliphatic rings. The molecule has 10 heteroatoms. The van der Waals surface area contributed by atoms with Crippen molar-refractivity contribution in [2.45, 2.75) is 9.79 Å². The summed E-state index contributed by atoms with van der Waals surface area (Å²) in [6, 6.07) is 42.0. The Morgan fingerprint density at radius 3 is 1.62 bits per heavy atom. The predicted octanol–water partition coefficient (Wildman–Crippen LogP) is 10.1. The van der Waals surface area contributed by atoms with Gasteiger partial charge in [-0.1, -0.05) is 60.3 Å². The Morgan fingerprint density at radius 2 is 1.00 bits per heavy atom. The SMILES string of the molecule is c1ccc2c(c1)Oc1ccccc1N2c1cc(N2c3ccccc3Sc3ccccc32)c2cc(-c3ncncn3)cc(-c3ncncn3)c2c1. The topological polar surface area (TPSA) is 93.1 Å². The zero-order chi connectivity index (χ0) is 33.0. The molecule has 0 radical (unpaired) electrons. The molecule has 0 amide bonds. The van der Waals surface area contributed by atoms with Gasteiger partial charge in [-0.05, 0) is 78.2 Å². The number of fused-ring (bicyclic) bond motifs is 5. The van der Waals surface area contributed by atoms with Gasteiger partial charge in [-0.2, -0.15) is 0 Å². The van der Waals surface area contributed by atoms with E-state index in [9.17, 15) is 0 Å². The van der Waals surface area contributed by atoms with Gasteiger partial charge in [0.1, 0.15) is 25.3 Å². The van der Waals surface area contributed by atoms with E-state index in [1.807, 2.05) is 36.4 Å². The molecule has 0 bridgehead atoms. The first-order chi connectivity index (χ1) is 24.8. The molecular formula is C40H24N8OS. The fraction of sp³-hybridized carbons (Fsp3) is 0. The smallest absolute Gasteiger partial charge is 0.163 e. The second kappa shape index (κ2) is 11.5. The maximum absolute atomic E-state index is 6.41. The molecule has 0 saturated carbocycles. The molecule has 8 aromatic rings. The van der Waals surface area contributed by atoms with Crippen molar-refractivity contribution in [3.05, 3.63) is 147 Å². The number of aromatic nitrogens is 6. The van der Waals surface area contributed by atoms with Crippen LogP contribution >= 0.6 is 11.8 Å². The summed E-state index contributed by atoms with van der Waals surface area (Å²) in [5, 5.41) is 1.93. The van der Waals surface area contributed by atoms with Gasteiger partial charge in [-0.3, -0.25) is 0 Å². The van der Waals surface area contributed by atoms with E-state index in [1.165, 1.54) is 25.3 Å². The monoisotopic (exact) mass is 664 g/mol. The highest BCUT2D eigenvalue weighted by atomic mass is 32.2. The van der Waals surface area contributed by atoms with Gasteiger partial charge in [0.25, 0.3) is 0 Å². The lowest BCUT2D eigenvalue weighted by Gasteiger charge is -2.36. The van der Waals surface area contributed by atoms with E-state index in [2.05, 4.69) is 125 Å². The van der Waals surface area contributed by atoms with Crippen LogP contribution in [-0.4, -0.2) is 29.9 Å². The van der Waals surface area contributed by atoms with Crippen LogP contribution < -0.4 is 14.5 Å². The molecule has 2 aliphatic heterocycles. The number of benzene rings is 6. The Labute approximate surface area is 291 Å². The van der Waals surface area contributed by atoms with Crippen molar-refractivity contribution in [3.63, 3.8) is 0 Å². The lowest BCUT2D eigenvalue weighted by molar-refractivity contribution is 0.477. The van der Waals surface area contributed by atoms with E-state index in [-0.39, 0.29) is 0 Å². The number of hydrogen-bond donors (Lipinski definition) is 0. The van der Waals surface area contributed by atoms with Gasteiger partial charge in [0.05, 0.1) is 28.4 Å². The van der Waals surface area contributed by atoms with Crippen LogP contribution in [0.15, 0.2) is 156 Å². The van der Waals surface area contributed by atoms with Crippen molar-refractivity contribution in [2.24, 2.45) is 0 Å². The van der Waals surface area contributed by atoms with Gasteiger partial charge >= 0.3 is 0 Å². The summed E-state index contributed by atoms with van der Waals surface area (Å²) in [5.74, 6) is 2.65. The minimum absolute atomic E-state index is 0.543. The Morgan fingerprint density at radius 1 is 0.460 bits per heavy atom. The molecule has 0 N–H and O–H groups in total. The maximum atomic E-state index is 6.41. The number of nitrogens with zero attached hydrogens (tertiary/aromatic N) is 8. The van der Waals surface area contributed by atoms with Gasteiger partial charge in [0, 0.05) is 32.0 Å². The van der Waals surface area contributed by atoms with Crippen molar-refractivity contribution in [2.75, 3.05) is 9.80 Å². The van der Waals surface area contributed by atoms with Crippen molar-refractivity contribution in [1.29, 1.82) is 0 Å². The summed E-state index contributed by atoms with van der Waals surface area (Å²) >= 11 is 1.78. The molecule has 9 nitrogen and oxygen atoms in total. The summed E-state index contributed by atoms with van der Waals surface area (Å²) in [6.07, 6.45) is 6.08. The highest BCUT2D eigenvalue weighted by Gasteiger charge is 2.30. The molecule has 0 atom stereocenters. The van der Waals surface area contributed by atoms with Crippen LogP contribution in [0.4, 0.5) is 34.1 Å². The fourth-order valence-corrected chi connectivity index (χ4v) is 7.83. The molecule has 0 saturated heterocycles. The molecule has 0 spiro atoms. The van der Waals surface area contributed by atoms with Gasteiger partial charge in [-0.15, -0.1) is 0 Å². The standard InChI is InChI=1S/C40H24N8OS/c1-5-13-35-30(9-1)47(31-10-2-6-14-36(31)49-35)26-19-27-28(17-25(39-43-21-41-22-44-39)18-29(27)40-45-23-42-24-46-40)34(20-26)48-32-11-3-7-15-37(32)50-38-16-8-4-12-33(38)48/h1-24H. The van der Waals surface area contributed by atoms with Gasteiger partial charge in [-0.25, -0.2) is 29.9 Å². The minimum Gasteiger partial charge on any atom is -0.453 e. The maximum Gasteiger partial charge on any atom is 0.163 e. The first-order valence-corrected chi connectivity index (χ1v) is 16.8. The quantitative estimate of drug-likeness (QED) is 0.181. The van der Waals surface area contributed by atoms with Crippen LogP contribution in [-0.2, 0) is 0 Å².